The van der Waals surface area contributed by atoms with E-state index in [1.165, 1.54) is 13.2 Å². The largest absolute Gasteiger partial charge is 0.464 e. The number of pyridine rings is 1. The Morgan fingerprint density at radius 1 is 1.39 bits per heavy atom. The molecule has 0 saturated carbocycles. The highest BCUT2D eigenvalue weighted by Gasteiger charge is 2.17. The molecule has 1 heterocycles. The minimum atomic E-state index is -0.506. The zero-order valence-corrected chi connectivity index (χ0v) is 11.5. The summed E-state index contributed by atoms with van der Waals surface area (Å²) in [6.45, 7) is 11.1. The number of esters is 1. The van der Waals surface area contributed by atoms with Gasteiger partial charge in [-0.05, 0) is 31.1 Å². The molecule has 0 atom stereocenters. The van der Waals surface area contributed by atoms with E-state index in [-0.39, 0.29) is 5.69 Å². The van der Waals surface area contributed by atoms with Crippen LogP contribution in [0, 0.1) is 25.2 Å². The van der Waals surface area contributed by atoms with Crippen LogP contribution in [0.2, 0.25) is 0 Å². The molecule has 0 amide bonds. The van der Waals surface area contributed by atoms with Crippen LogP contribution in [0.15, 0.2) is 6.58 Å². The van der Waals surface area contributed by atoms with Gasteiger partial charge in [-0.25, -0.2) is 9.78 Å². The quantitative estimate of drug-likeness (QED) is 0.752. The van der Waals surface area contributed by atoms with E-state index in [1.807, 2.05) is 13.8 Å². The van der Waals surface area contributed by atoms with Crippen LogP contribution in [0.1, 0.15) is 46.7 Å². The van der Waals surface area contributed by atoms with Gasteiger partial charge in [0.15, 0.2) is 5.69 Å². The van der Waals surface area contributed by atoms with Crippen LogP contribution in [0.4, 0.5) is 0 Å². The van der Waals surface area contributed by atoms with E-state index in [4.69, 9.17) is 5.26 Å². The fraction of sp³-hybridized carbons (Fsp3) is 0.357. The highest BCUT2D eigenvalue weighted by molar-refractivity contribution is 5.90. The van der Waals surface area contributed by atoms with Gasteiger partial charge in [0.25, 0.3) is 0 Å². The Hall–Kier alpha value is -2.15. The molecule has 4 nitrogen and oxygen atoms in total. The van der Waals surface area contributed by atoms with Gasteiger partial charge < -0.3 is 4.74 Å². The Kier molecular flexibility index (Phi) is 6.37. The zero-order chi connectivity index (χ0) is 14.3. The fourth-order valence-corrected chi connectivity index (χ4v) is 1.40. The number of hydrogen-bond donors (Lipinski definition) is 0. The molecule has 1 aromatic heterocycles. The summed E-state index contributed by atoms with van der Waals surface area (Å²) in [5, 5.41) is 8.99. The highest BCUT2D eigenvalue weighted by Crippen LogP contribution is 2.20. The number of aromatic nitrogens is 1. The normalized spacial score (nSPS) is 8.67. The first-order valence-corrected chi connectivity index (χ1v) is 5.68. The predicted octanol–water partition coefficient (Wildman–Crippen LogP) is 3.03. The van der Waals surface area contributed by atoms with Crippen molar-refractivity contribution in [1.29, 1.82) is 5.26 Å². The number of ether oxygens (including phenoxy) is 1. The van der Waals surface area contributed by atoms with E-state index < -0.39 is 5.97 Å². The summed E-state index contributed by atoms with van der Waals surface area (Å²) >= 11 is 0. The van der Waals surface area contributed by atoms with Crippen LogP contribution >= 0.6 is 0 Å². The van der Waals surface area contributed by atoms with Gasteiger partial charge in [-0.2, -0.15) is 5.26 Å². The summed E-state index contributed by atoms with van der Waals surface area (Å²) in [6, 6.07) is 2.05. The van der Waals surface area contributed by atoms with Crippen LogP contribution in [-0.4, -0.2) is 18.1 Å². The summed E-state index contributed by atoms with van der Waals surface area (Å²) in [7, 11) is 1.30. The standard InChI is InChI=1S/C12H12N2O2.C2H6/c1-5-10-9(6-13)7(2)8(3)11(14-10)12(15)16-4;1-2/h5H,1H2,2-4H3;1-2H3. The Morgan fingerprint density at radius 2 is 1.94 bits per heavy atom. The van der Waals surface area contributed by atoms with E-state index in [9.17, 15) is 4.79 Å². The van der Waals surface area contributed by atoms with E-state index >= 15 is 0 Å². The number of carbonyl (C=O) groups excluding carboxylic acids is 1. The first-order valence-electron chi connectivity index (χ1n) is 5.68. The topological polar surface area (TPSA) is 63.0 Å². The van der Waals surface area contributed by atoms with E-state index in [0.717, 1.165) is 5.56 Å². The molecule has 0 aromatic carbocycles. The molecule has 4 heteroatoms. The van der Waals surface area contributed by atoms with Crippen molar-refractivity contribution in [3.8, 4) is 6.07 Å². The third kappa shape index (κ3) is 2.95. The maximum absolute atomic E-state index is 11.5. The smallest absolute Gasteiger partial charge is 0.356 e. The Balaban J connectivity index is 0.00000137. The summed E-state index contributed by atoms with van der Waals surface area (Å²) < 4.78 is 4.63. The molecule has 1 aromatic rings. The number of nitrogens with zero attached hydrogens (tertiary/aromatic N) is 2. The molecular formula is C14H18N2O2. The lowest BCUT2D eigenvalue weighted by Crippen LogP contribution is -2.11. The van der Waals surface area contributed by atoms with Gasteiger partial charge >= 0.3 is 5.97 Å². The molecule has 0 unspecified atom stereocenters. The molecular weight excluding hydrogens is 228 g/mol. The Labute approximate surface area is 108 Å². The van der Waals surface area contributed by atoms with Crippen molar-refractivity contribution < 1.29 is 9.53 Å². The Morgan fingerprint density at radius 3 is 2.33 bits per heavy atom. The maximum Gasteiger partial charge on any atom is 0.356 e. The van der Waals surface area contributed by atoms with Crippen LogP contribution in [0.25, 0.3) is 6.08 Å². The molecule has 0 aliphatic rings. The van der Waals surface area contributed by atoms with Crippen molar-refractivity contribution in [3.63, 3.8) is 0 Å². The van der Waals surface area contributed by atoms with Gasteiger partial charge in [0.2, 0.25) is 0 Å². The maximum atomic E-state index is 11.5. The second-order valence-electron chi connectivity index (χ2n) is 3.28. The highest BCUT2D eigenvalue weighted by atomic mass is 16.5. The zero-order valence-electron chi connectivity index (χ0n) is 11.5. The SMILES string of the molecule is C=Cc1nc(C(=O)OC)c(C)c(C)c1C#N.CC. The lowest BCUT2D eigenvalue weighted by molar-refractivity contribution is 0.0593. The van der Waals surface area contributed by atoms with Crippen molar-refractivity contribution in [2.24, 2.45) is 0 Å². The average molecular weight is 246 g/mol. The van der Waals surface area contributed by atoms with Crippen LogP contribution in [0.3, 0.4) is 0 Å². The monoisotopic (exact) mass is 246 g/mol. The van der Waals surface area contributed by atoms with Crippen molar-refractivity contribution in [1.82, 2.24) is 4.98 Å². The summed E-state index contributed by atoms with van der Waals surface area (Å²) in [5.41, 5.74) is 2.47. The molecule has 0 spiro atoms. The first kappa shape index (κ1) is 15.9. The lowest BCUT2D eigenvalue weighted by atomic mass is 10.0. The lowest BCUT2D eigenvalue weighted by Gasteiger charge is -2.10. The van der Waals surface area contributed by atoms with Crippen LogP contribution < -0.4 is 0 Å². The van der Waals surface area contributed by atoms with E-state index in [1.54, 1.807) is 13.8 Å². The third-order valence-electron chi connectivity index (χ3n) is 2.46. The van der Waals surface area contributed by atoms with Crippen LogP contribution in [0.5, 0.6) is 0 Å². The Bertz CT molecular complexity index is 499. The van der Waals surface area contributed by atoms with Gasteiger partial charge in [0, 0.05) is 0 Å². The van der Waals surface area contributed by atoms with Gasteiger partial charge in [-0.15, -0.1) is 0 Å². The van der Waals surface area contributed by atoms with Gasteiger partial charge in [0.05, 0.1) is 18.4 Å². The second-order valence-corrected chi connectivity index (χ2v) is 3.28. The fourth-order valence-electron chi connectivity index (χ4n) is 1.40. The number of rotatable bonds is 2. The number of nitriles is 1. The van der Waals surface area contributed by atoms with Crippen LogP contribution in [-0.2, 0) is 4.74 Å². The van der Waals surface area contributed by atoms with Gasteiger partial charge in [-0.1, -0.05) is 20.4 Å². The molecule has 0 bridgehead atoms. The summed E-state index contributed by atoms with van der Waals surface area (Å²) in [6.07, 6.45) is 1.46. The summed E-state index contributed by atoms with van der Waals surface area (Å²) in [5.74, 6) is -0.506. The minimum absolute atomic E-state index is 0.230. The molecule has 0 radical (unpaired) electrons. The van der Waals surface area contributed by atoms with Crippen molar-refractivity contribution in [2.75, 3.05) is 7.11 Å². The number of methoxy groups -OCH3 is 1. The molecule has 1 rings (SSSR count). The predicted molar refractivity (Wildman–Crippen MR) is 71.2 cm³/mol. The van der Waals surface area contributed by atoms with Crippen molar-refractivity contribution >= 4 is 12.0 Å². The summed E-state index contributed by atoms with van der Waals surface area (Å²) in [4.78, 5) is 15.5. The molecule has 0 aliphatic heterocycles. The average Bonchev–Trinajstić information content (AvgIpc) is 2.42. The van der Waals surface area contributed by atoms with Gasteiger partial charge in [0.1, 0.15) is 6.07 Å². The van der Waals surface area contributed by atoms with E-state index in [2.05, 4.69) is 22.4 Å². The van der Waals surface area contributed by atoms with Crippen molar-refractivity contribution in [2.45, 2.75) is 27.7 Å². The molecule has 0 aliphatic carbocycles. The van der Waals surface area contributed by atoms with E-state index in [0.29, 0.717) is 16.8 Å². The molecule has 96 valence electrons. The number of carbonyl (C=O) groups is 1. The molecule has 0 N–H and O–H groups in total. The molecule has 18 heavy (non-hydrogen) atoms. The second kappa shape index (κ2) is 7.23. The number of hydrogen-bond acceptors (Lipinski definition) is 4. The van der Waals surface area contributed by atoms with Gasteiger partial charge in [-0.3, -0.25) is 0 Å². The first-order chi connectivity index (χ1) is 8.56. The molecule has 0 saturated heterocycles. The van der Waals surface area contributed by atoms with Crippen molar-refractivity contribution in [3.05, 3.63) is 34.7 Å². The third-order valence-corrected chi connectivity index (χ3v) is 2.46. The minimum Gasteiger partial charge on any atom is -0.464 e. The molecule has 0 fully saturated rings.